The van der Waals surface area contributed by atoms with Crippen LogP contribution >= 0.6 is 0 Å². The van der Waals surface area contributed by atoms with E-state index in [9.17, 15) is 14.4 Å². The molecule has 1 aliphatic rings. The highest BCUT2D eigenvalue weighted by atomic mass is 16.5. The summed E-state index contributed by atoms with van der Waals surface area (Å²) in [5, 5.41) is 11.3. The number of rotatable bonds is 7. The Morgan fingerprint density at radius 1 is 1.36 bits per heavy atom. The Hall–Kier alpha value is -2.83. The van der Waals surface area contributed by atoms with E-state index in [1.807, 2.05) is 13.8 Å². The zero-order valence-corrected chi connectivity index (χ0v) is 14.4. The highest BCUT2D eigenvalue weighted by Gasteiger charge is 2.33. The van der Waals surface area contributed by atoms with Crippen molar-refractivity contribution >= 4 is 29.2 Å². The number of carboxylic acid groups (broad SMARTS) is 1. The molecule has 7 nitrogen and oxygen atoms in total. The van der Waals surface area contributed by atoms with E-state index in [-0.39, 0.29) is 24.7 Å². The molecule has 0 bridgehead atoms. The normalized spacial score (nSPS) is 16.0. The molecule has 0 spiro atoms. The molecule has 1 unspecified atom stereocenters. The predicted octanol–water partition coefficient (Wildman–Crippen LogP) is 2.57. The Balaban J connectivity index is 2.22. The van der Waals surface area contributed by atoms with Gasteiger partial charge in [0.2, 0.25) is 5.91 Å². The summed E-state index contributed by atoms with van der Waals surface area (Å²) in [5.74, 6) is -1.02. The number of aliphatic carboxylic acids is 1. The first-order valence-electron chi connectivity index (χ1n) is 8.10. The zero-order valence-electron chi connectivity index (χ0n) is 14.4. The number of nitrogens with one attached hydrogen (secondary N) is 1. The first-order chi connectivity index (χ1) is 11.8. The fourth-order valence-electron chi connectivity index (χ4n) is 2.54. The monoisotopic (exact) mass is 346 g/mol. The van der Waals surface area contributed by atoms with Crippen LogP contribution in [0, 0.1) is 0 Å². The lowest BCUT2D eigenvalue weighted by atomic mass is 10.1. The molecule has 7 heteroatoms. The molecule has 0 aromatic heterocycles. The van der Waals surface area contributed by atoms with Crippen molar-refractivity contribution in [3.63, 3.8) is 0 Å². The lowest BCUT2D eigenvalue weighted by Gasteiger charge is -2.34. The third kappa shape index (κ3) is 4.59. The van der Waals surface area contributed by atoms with Crippen molar-refractivity contribution in [1.82, 2.24) is 0 Å². The second-order valence-corrected chi connectivity index (χ2v) is 6.02. The molecule has 25 heavy (non-hydrogen) atoms. The van der Waals surface area contributed by atoms with Gasteiger partial charge in [-0.25, -0.2) is 0 Å². The maximum atomic E-state index is 12.5. The maximum Gasteiger partial charge on any atom is 0.303 e. The van der Waals surface area contributed by atoms with Crippen molar-refractivity contribution in [2.45, 2.75) is 39.2 Å². The standard InChI is InChI=1S/C18H22N2O5/c1-4-14-18(24)20(10-11(2)3)13-6-5-12(9-15(13)25-14)19-16(21)7-8-17(22)23/h5-6,9,14H,2,4,7-8,10H2,1,3H3,(H,19,21)(H,22,23). The summed E-state index contributed by atoms with van der Waals surface area (Å²) in [7, 11) is 0. The van der Waals surface area contributed by atoms with E-state index in [0.29, 0.717) is 30.1 Å². The summed E-state index contributed by atoms with van der Waals surface area (Å²) in [6.07, 6.45) is -0.387. The van der Waals surface area contributed by atoms with Crippen LogP contribution in [0.15, 0.2) is 30.4 Å². The summed E-state index contributed by atoms with van der Waals surface area (Å²) in [4.78, 5) is 36.4. The minimum absolute atomic E-state index is 0.106. The van der Waals surface area contributed by atoms with Crippen LogP contribution in [0.1, 0.15) is 33.1 Å². The third-order valence-electron chi connectivity index (χ3n) is 3.71. The van der Waals surface area contributed by atoms with Gasteiger partial charge in [0.05, 0.1) is 12.1 Å². The van der Waals surface area contributed by atoms with E-state index in [2.05, 4.69) is 11.9 Å². The lowest BCUT2D eigenvalue weighted by Crippen LogP contribution is -2.46. The van der Waals surface area contributed by atoms with Crippen LogP contribution in [-0.2, 0) is 14.4 Å². The quantitative estimate of drug-likeness (QED) is 0.740. The maximum absolute atomic E-state index is 12.5. The van der Waals surface area contributed by atoms with Crippen LogP contribution in [0.5, 0.6) is 5.75 Å². The van der Waals surface area contributed by atoms with Gasteiger partial charge in [-0.05, 0) is 25.5 Å². The molecule has 0 saturated carbocycles. The molecule has 0 fully saturated rings. The van der Waals surface area contributed by atoms with Crippen LogP contribution in [0.4, 0.5) is 11.4 Å². The summed E-state index contributed by atoms with van der Waals surface area (Å²) in [6, 6.07) is 5.01. The number of anilines is 2. The SMILES string of the molecule is C=C(C)CN1C(=O)C(CC)Oc2cc(NC(=O)CCC(=O)O)ccc21. The van der Waals surface area contributed by atoms with E-state index < -0.39 is 12.1 Å². The average Bonchev–Trinajstić information content (AvgIpc) is 2.55. The van der Waals surface area contributed by atoms with E-state index in [1.165, 1.54) is 0 Å². The number of ether oxygens (including phenoxy) is 1. The first kappa shape index (κ1) is 18.5. The van der Waals surface area contributed by atoms with Crippen LogP contribution in [0.2, 0.25) is 0 Å². The number of hydrogen-bond acceptors (Lipinski definition) is 4. The number of hydrogen-bond donors (Lipinski definition) is 2. The molecular formula is C18H22N2O5. The van der Waals surface area contributed by atoms with E-state index in [4.69, 9.17) is 9.84 Å². The fraction of sp³-hybridized carbons (Fsp3) is 0.389. The van der Waals surface area contributed by atoms with Gasteiger partial charge in [0, 0.05) is 24.7 Å². The largest absolute Gasteiger partial charge is 0.481 e. The Bertz CT molecular complexity index is 713. The molecular weight excluding hydrogens is 324 g/mol. The van der Waals surface area contributed by atoms with Crippen molar-refractivity contribution in [2.75, 3.05) is 16.8 Å². The van der Waals surface area contributed by atoms with Gasteiger partial charge in [-0.15, -0.1) is 0 Å². The van der Waals surface area contributed by atoms with Gasteiger partial charge in [-0.2, -0.15) is 0 Å². The number of fused-ring (bicyclic) bond motifs is 1. The number of carbonyl (C=O) groups excluding carboxylic acids is 2. The molecule has 1 atom stereocenters. The minimum atomic E-state index is -1.02. The Morgan fingerprint density at radius 3 is 2.68 bits per heavy atom. The number of carbonyl (C=O) groups is 3. The van der Waals surface area contributed by atoms with Gasteiger partial charge in [-0.1, -0.05) is 19.1 Å². The number of benzene rings is 1. The van der Waals surface area contributed by atoms with Crippen LogP contribution < -0.4 is 15.0 Å². The van der Waals surface area contributed by atoms with Gasteiger partial charge in [-0.3, -0.25) is 14.4 Å². The van der Waals surface area contributed by atoms with Gasteiger partial charge in [0.15, 0.2) is 6.10 Å². The first-order valence-corrected chi connectivity index (χ1v) is 8.10. The molecule has 2 amide bonds. The number of nitrogens with zero attached hydrogens (tertiary/aromatic N) is 1. The minimum Gasteiger partial charge on any atom is -0.481 e. The number of carboxylic acids is 1. The van der Waals surface area contributed by atoms with E-state index in [0.717, 1.165) is 5.57 Å². The van der Waals surface area contributed by atoms with E-state index >= 15 is 0 Å². The number of amides is 2. The van der Waals surface area contributed by atoms with Crippen molar-refractivity contribution in [1.29, 1.82) is 0 Å². The van der Waals surface area contributed by atoms with Gasteiger partial charge in [0.25, 0.3) is 5.91 Å². The van der Waals surface area contributed by atoms with Gasteiger partial charge < -0.3 is 20.1 Å². The second-order valence-electron chi connectivity index (χ2n) is 6.02. The Morgan fingerprint density at radius 2 is 2.08 bits per heavy atom. The molecule has 0 aliphatic carbocycles. The summed E-state index contributed by atoms with van der Waals surface area (Å²) in [6.45, 7) is 7.97. The smallest absolute Gasteiger partial charge is 0.303 e. The topological polar surface area (TPSA) is 95.9 Å². The second kappa shape index (κ2) is 7.83. The summed E-state index contributed by atoms with van der Waals surface area (Å²) >= 11 is 0. The zero-order chi connectivity index (χ0) is 18.6. The molecule has 0 saturated heterocycles. The van der Waals surface area contributed by atoms with Crippen molar-refractivity contribution in [3.8, 4) is 5.75 Å². The van der Waals surface area contributed by atoms with Gasteiger partial charge >= 0.3 is 5.97 Å². The van der Waals surface area contributed by atoms with Crippen molar-refractivity contribution in [3.05, 3.63) is 30.4 Å². The average molecular weight is 346 g/mol. The van der Waals surface area contributed by atoms with Crippen molar-refractivity contribution in [2.24, 2.45) is 0 Å². The van der Waals surface area contributed by atoms with E-state index in [1.54, 1.807) is 23.1 Å². The Labute approximate surface area is 146 Å². The summed E-state index contributed by atoms with van der Waals surface area (Å²) < 4.78 is 5.76. The molecule has 2 rings (SSSR count). The molecule has 134 valence electrons. The van der Waals surface area contributed by atoms with Crippen LogP contribution in [-0.4, -0.2) is 35.5 Å². The molecule has 1 heterocycles. The third-order valence-corrected chi connectivity index (χ3v) is 3.71. The van der Waals surface area contributed by atoms with Gasteiger partial charge in [0.1, 0.15) is 5.75 Å². The van der Waals surface area contributed by atoms with Crippen LogP contribution in [0.25, 0.3) is 0 Å². The molecule has 1 aromatic rings. The van der Waals surface area contributed by atoms with Crippen molar-refractivity contribution < 1.29 is 24.2 Å². The fourth-order valence-corrected chi connectivity index (χ4v) is 2.54. The molecule has 1 aromatic carbocycles. The molecule has 1 aliphatic heterocycles. The predicted molar refractivity (Wildman–Crippen MR) is 93.8 cm³/mol. The highest BCUT2D eigenvalue weighted by Crippen LogP contribution is 2.37. The molecule has 2 N–H and O–H groups in total. The Kier molecular flexibility index (Phi) is 5.80. The summed E-state index contributed by atoms with van der Waals surface area (Å²) in [5.41, 5.74) is 1.97. The highest BCUT2D eigenvalue weighted by molar-refractivity contribution is 6.01. The van der Waals surface area contributed by atoms with Crippen LogP contribution in [0.3, 0.4) is 0 Å². The molecule has 0 radical (unpaired) electrons. The lowest BCUT2D eigenvalue weighted by molar-refractivity contribution is -0.138.